The van der Waals surface area contributed by atoms with E-state index >= 15 is 0 Å². The summed E-state index contributed by atoms with van der Waals surface area (Å²) in [4.78, 5) is 23.4. The Balaban J connectivity index is 0. The molecule has 0 saturated carbocycles. The number of hydrogen-bond donors (Lipinski definition) is 2. The molecule has 0 amide bonds. The standard InChI is InChI=1S/C22H42O4.Li.H/c1-3-5-7-9-10-11-12-13-15-17-19-22(20(23)24,21(25)26)18-16-14-8-6-4-2;;/h3-19H2,1-2H3,(H,23,24)(H,25,26);;. The first-order chi connectivity index (χ1) is 12.5. The third kappa shape index (κ3) is 13.4. The number of unbranched alkanes of at least 4 members (excludes halogenated alkanes) is 13. The van der Waals surface area contributed by atoms with Crippen LogP contribution >= 0.6 is 0 Å². The molecule has 0 spiro atoms. The van der Waals surface area contributed by atoms with E-state index in [4.69, 9.17) is 0 Å². The van der Waals surface area contributed by atoms with Crippen molar-refractivity contribution in [3.63, 3.8) is 0 Å². The van der Waals surface area contributed by atoms with E-state index in [-0.39, 0.29) is 31.7 Å². The zero-order chi connectivity index (χ0) is 19.7. The monoisotopic (exact) mass is 378 g/mol. The van der Waals surface area contributed by atoms with E-state index in [2.05, 4.69) is 13.8 Å². The Labute approximate surface area is 179 Å². The summed E-state index contributed by atoms with van der Waals surface area (Å²) < 4.78 is 0. The van der Waals surface area contributed by atoms with Crippen molar-refractivity contribution in [1.82, 2.24) is 0 Å². The van der Waals surface area contributed by atoms with Gasteiger partial charge >= 0.3 is 30.8 Å². The molecule has 27 heavy (non-hydrogen) atoms. The number of carbonyl (C=O) groups is 2. The van der Waals surface area contributed by atoms with Gasteiger partial charge in [-0.3, -0.25) is 9.59 Å². The van der Waals surface area contributed by atoms with Gasteiger partial charge in [0.2, 0.25) is 0 Å². The number of rotatable bonds is 19. The Bertz CT molecular complexity index is 357. The van der Waals surface area contributed by atoms with Gasteiger partial charge in [-0.15, -0.1) is 0 Å². The Morgan fingerprint density at radius 2 is 0.815 bits per heavy atom. The van der Waals surface area contributed by atoms with E-state index in [1.807, 2.05) is 0 Å². The summed E-state index contributed by atoms with van der Waals surface area (Å²) in [5.74, 6) is -2.31. The number of carboxylic acids is 2. The van der Waals surface area contributed by atoms with Gasteiger partial charge in [0, 0.05) is 0 Å². The molecule has 0 saturated heterocycles. The zero-order valence-corrected chi connectivity index (χ0v) is 17.2. The van der Waals surface area contributed by atoms with Crippen molar-refractivity contribution < 1.29 is 19.8 Å². The summed E-state index contributed by atoms with van der Waals surface area (Å²) in [6.45, 7) is 4.35. The van der Waals surface area contributed by atoms with Crippen molar-refractivity contribution in [3.8, 4) is 0 Å². The Morgan fingerprint density at radius 1 is 0.556 bits per heavy atom. The first-order valence-corrected chi connectivity index (χ1v) is 11.0. The van der Waals surface area contributed by atoms with Gasteiger partial charge in [-0.05, 0) is 12.8 Å². The van der Waals surface area contributed by atoms with E-state index in [0.717, 1.165) is 38.5 Å². The molecule has 0 aromatic carbocycles. The van der Waals surface area contributed by atoms with Crippen LogP contribution in [0.4, 0.5) is 0 Å². The summed E-state index contributed by atoms with van der Waals surface area (Å²) in [5.41, 5.74) is -1.58. The Hall–Kier alpha value is -0.463. The van der Waals surface area contributed by atoms with Crippen molar-refractivity contribution in [1.29, 1.82) is 0 Å². The quantitative estimate of drug-likeness (QED) is 0.160. The van der Waals surface area contributed by atoms with Crippen molar-refractivity contribution >= 4 is 30.8 Å². The summed E-state index contributed by atoms with van der Waals surface area (Å²) in [7, 11) is 0. The van der Waals surface area contributed by atoms with Crippen LogP contribution in [-0.4, -0.2) is 41.0 Å². The van der Waals surface area contributed by atoms with E-state index in [0.29, 0.717) is 12.8 Å². The van der Waals surface area contributed by atoms with Crippen LogP contribution in [0.2, 0.25) is 0 Å². The minimum absolute atomic E-state index is 0. The molecule has 0 aliphatic carbocycles. The molecular weight excluding hydrogens is 335 g/mol. The maximum atomic E-state index is 11.7. The van der Waals surface area contributed by atoms with E-state index in [9.17, 15) is 19.8 Å². The molecule has 0 unspecified atom stereocenters. The molecule has 5 heteroatoms. The number of aliphatic carboxylic acids is 2. The van der Waals surface area contributed by atoms with Crippen molar-refractivity contribution in [3.05, 3.63) is 0 Å². The van der Waals surface area contributed by atoms with Crippen LogP contribution in [0.15, 0.2) is 0 Å². The second kappa shape index (κ2) is 18.9. The molecular formula is C22H43LiO4. The van der Waals surface area contributed by atoms with Crippen molar-refractivity contribution in [2.24, 2.45) is 5.41 Å². The SMILES string of the molecule is CCCCCCCCCCCCC(CCCCCCC)(C(=O)O)C(=O)O.[LiH]. The van der Waals surface area contributed by atoms with Gasteiger partial charge in [-0.2, -0.15) is 0 Å². The predicted molar refractivity (Wildman–Crippen MR) is 115 cm³/mol. The van der Waals surface area contributed by atoms with Gasteiger partial charge in [-0.1, -0.05) is 110 Å². The molecule has 0 aliphatic heterocycles. The van der Waals surface area contributed by atoms with Crippen LogP contribution in [-0.2, 0) is 9.59 Å². The molecule has 0 aliphatic rings. The minimum atomic E-state index is -1.58. The molecule has 0 radical (unpaired) electrons. The van der Waals surface area contributed by atoms with E-state index < -0.39 is 17.4 Å². The summed E-state index contributed by atoms with van der Waals surface area (Å²) in [5, 5.41) is 19.1. The number of carboxylic acid groups (broad SMARTS) is 2. The summed E-state index contributed by atoms with van der Waals surface area (Å²) >= 11 is 0. The molecule has 0 bridgehead atoms. The van der Waals surface area contributed by atoms with Gasteiger partial charge in [0.1, 0.15) is 0 Å². The molecule has 0 atom stereocenters. The molecule has 4 nitrogen and oxygen atoms in total. The first kappa shape index (κ1) is 28.7. The van der Waals surface area contributed by atoms with Gasteiger partial charge in [0.15, 0.2) is 5.41 Å². The molecule has 0 fully saturated rings. The predicted octanol–water partition coefficient (Wildman–Crippen LogP) is 6.17. The average Bonchev–Trinajstić information content (AvgIpc) is 2.60. The van der Waals surface area contributed by atoms with Gasteiger partial charge in [-0.25, -0.2) is 0 Å². The Morgan fingerprint density at radius 3 is 1.07 bits per heavy atom. The third-order valence-corrected chi connectivity index (χ3v) is 5.48. The van der Waals surface area contributed by atoms with Crippen LogP contribution in [0, 0.1) is 5.41 Å². The molecule has 0 aromatic rings. The molecule has 2 N–H and O–H groups in total. The average molecular weight is 379 g/mol. The topological polar surface area (TPSA) is 74.6 Å². The fourth-order valence-corrected chi connectivity index (χ4v) is 3.59. The Kier molecular flexibility index (Phi) is 20.1. The van der Waals surface area contributed by atoms with Crippen LogP contribution in [0.3, 0.4) is 0 Å². The van der Waals surface area contributed by atoms with Crippen LogP contribution in [0.5, 0.6) is 0 Å². The molecule has 156 valence electrons. The summed E-state index contributed by atoms with van der Waals surface area (Å²) in [6.07, 6.45) is 17.1. The van der Waals surface area contributed by atoms with Crippen molar-refractivity contribution in [2.75, 3.05) is 0 Å². The fraction of sp³-hybridized carbons (Fsp3) is 0.909. The normalized spacial score (nSPS) is 11.2. The summed E-state index contributed by atoms with van der Waals surface area (Å²) in [6, 6.07) is 0. The van der Waals surface area contributed by atoms with E-state index in [1.165, 1.54) is 44.9 Å². The molecule has 0 aromatic heterocycles. The van der Waals surface area contributed by atoms with Gasteiger partial charge in [0.05, 0.1) is 0 Å². The van der Waals surface area contributed by atoms with E-state index in [1.54, 1.807) is 0 Å². The van der Waals surface area contributed by atoms with Crippen LogP contribution in [0.1, 0.15) is 123 Å². The van der Waals surface area contributed by atoms with Crippen LogP contribution < -0.4 is 0 Å². The van der Waals surface area contributed by atoms with Gasteiger partial charge < -0.3 is 10.2 Å². The van der Waals surface area contributed by atoms with Crippen molar-refractivity contribution in [2.45, 2.75) is 123 Å². The zero-order valence-electron chi connectivity index (χ0n) is 17.2. The fourth-order valence-electron chi connectivity index (χ4n) is 3.59. The second-order valence-electron chi connectivity index (χ2n) is 7.79. The number of hydrogen-bond acceptors (Lipinski definition) is 2. The third-order valence-electron chi connectivity index (χ3n) is 5.48. The maximum absolute atomic E-state index is 11.7. The molecule has 0 rings (SSSR count). The first-order valence-electron chi connectivity index (χ1n) is 11.0. The van der Waals surface area contributed by atoms with Crippen LogP contribution in [0.25, 0.3) is 0 Å². The van der Waals surface area contributed by atoms with Gasteiger partial charge in [0.25, 0.3) is 0 Å². The molecule has 0 heterocycles. The second-order valence-corrected chi connectivity index (χ2v) is 7.79.